The van der Waals surface area contributed by atoms with Gasteiger partial charge in [-0.2, -0.15) is 0 Å². The van der Waals surface area contributed by atoms with Gasteiger partial charge in [-0.25, -0.2) is 0 Å². The van der Waals surface area contributed by atoms with E-state index in [0.717, 1.165) is 5.56 Å². The van der Waals surface area contributed by atoms with E-state index in [4.69, 9.17) is 19.5 Å². The molecule has 0 aromatic heterocycles. The number of hydrogen-bond acceptors (Lipinski definition) is 4. The van der Waals surface area contributed by atoms with Gasteiger partial charge in [-0.15, -0.1) is 0 Å². The van der Waals surface area contributed by atoms with Gasteiger partial charge in [-0.1, -0.05) is 12.1 Å². The van der Waals surface area contributed by atoms with Crippen molar-refractivity contribution in [1.82, 2.24) is 0 Å². The van der Waals surface area contributed by atoms with Crippen LogP contribution in [0.15, 0.2) is 18.2 Å². The second-order valence-corrected chi connectivity index (χ2v) is 2.95. The molecule has 5 heteroatoms. The minimum Gasteiger partial charge on any atom is -0.467 e. The van der Waals surface area contributed by atoms with Crippen LogP contribution in [0.5, 0.6) is 5.75 Å². The zero-order valence-corrected chi connectivity index (χ0v) is 8.23. The minimum atomic E-state index is -1.44. The lowest BCUT2D eigenvalue weighted by Gasteiger charge is -2.09. The minimum absolute atomic E-state index is 0.182. The standard InChI is InChI=1S/C9H13BO4/c1-7-5-8(10(11)12)3-4-9(7)14-6-13-2/h3-5,11-12H,6H2,1-2H3. The summed E-state index contributed by atoms with van der Waals surface area (Å²) in [7, 11) is 0.103. The number of rotatable bonds is 4. The molecule has 0 aliphatic rings. The van der Waals surface area contributed by atoms with E-state index >= 15 is 0 Å². The first-order valence-electron chi connectivity index (χ1n) is 4.23. The number of aryl methyl sites for hydroxylation is 1. The smallest absolute Gasteiger partial charge is 0.467 e. The van der Waals surface area contributed by atoms with Crippen molar-refractivity contribution in [2.45, 2.75) is 6.92 Å². The highest BCUT2D eigenvalue weighted by atomic mass is 16.7. The number of ether oxygens (including phenoxy) is 2. The third-order valence-electron chi connectivity index (χ3n) is 1.83. The Kier molecular flexibility index (Phi) is 3.94. The molecule has 0 saturated heterocycles. The second-order valence-electron chi connectivity index (χ2n) is 2.95. The predicted octanol–water partition coefficient (Wildman–Crippen LogP) is -0.342. The fourth-order valence-electron chi connectivity index (χ4n) is 1.12. The van der Waals surface area contributed by atoms with Crippen molar-refractivity contribution in [1.29, 1.82) is 0 Å². The van der Waals surface area contributed by atoms with Crippen LogP contribution in [0.25, 0.3) is 0 Å². The lowest BCUT2D eigenvalue weighted by atomic mass is 9.79. The van der Waals surface area contributed by atoms with Gasteiger partial charge in [-0.05, 0) is 24.0 Å². The van der Waals surface area contributed by atoms with Gasteiger partial charge in [0.15, 0.2) is 6.79 Å². The Morgan fingerprint density at radius 2 is 2.07 bits per heavy atom. The molecule has 4 nitrogen and oxygen atoms in total. The monoisotopic (exact) mass is 196 g/mol. The van der Waals surface area contributed by atoms with Crippen LogP contribution >= 0.6 is 0 Å². The van der Waals surface area contributed by atoms with Gasteiger partial charge in [0, 0.05) is 7.11 Å². The van der Waals surface area contributed by atoms with Gasteiger partial charge in [0.05, 0.1) is 0 Å². The SMILES string of the molecule is COCOc1ccc(B(O)O)cc1C. The van der Waals surface area contributed by atoms with Crippen LogP contribution < -0.4 is 10.2 Å². The quantitative estimate of drug-likeness (QED) is 0.510. The van der Waals surface area contributed by atoms with E-state index in [0.29, 0.717) is 11.2 Å². The number of benzene rings is 1. The van der Waals surface area contributed by atoms with Crippen LogP contribution in [0.4, 0.5) is 0 Å². The van der Waals surface area contributed by atoms with Crippen molar-refractivity contribution in [3.8, 4) is 5.75 Å². The Hall–Kier alpha value is -1.04. The maximum Gasteiger partial charge on any atom is 0.488 e. The van der Waals surface area contributed by atoms with E-state index in [1.165, 1.54) is 0 Å². The first-order valence-corrected chi connectivity index (χ1v) is 4.23. The molecule has 1 rings (SSSR count). The summed E-state index contributed by atoms with van der Waals surface area (Å²) in [5.74, 6) is 0.677. The Balaban J connectivity index is 2.79. The van der Waals surface area contributed by atoms with Crippen LogP contribution in [0, 0.1) is 6.92 Å². The van der Waals surface area contributed by atoms with Gasteiger partial charge in [-0.3, -0.25) is 0 Å². The Morgan fingerprint density at radius 3 is 2.57 bits per heavy atom. The van der Waals surface area contributed by atoms with Crippen molar-refractivity contribution in [2.75, 3.05) is 13.9 Å². The molecule has 0 atom stereocenters. The highest BCUT2D eigenvalue weighted by molar-refractivity contribution is 6.58. The Bertz CT molecular complexity index is 301. The summed E-state index contributed by atoms with van der Waals surface area (Å²) in [6.45, 7) is 2.01. The highest BCUT2D eigenvalue weighted by Gasteiger charge is 2.11. The Labute approximate surface area is 83.2 Å². The Morgan fingerprint density at radius 1 is 1.36 bits per heavy atom. The van der Waals surface area contributed by atoms with Crippen molar-refractivity contribution < 1.29 is 19.5 Å². The zero-order chi connectivity index (χ0) is 10.6. The molecule has 0 spiro atoms. The summed E-state index contributed by atoms with van der Waals surface area (Å²) in [5, 5.41) is 17.8. The van der Waals surface area contributed by atoms with E-state index in [9.17, 15) is 0 Å². The molecular formula is C9H13BO4. The van der Waals surface area contributed by atoms with E-state index < -0.39 is 7.12 Å². The first kappa shape index (κ1) is 11.0. The number of hydrogen-bond donors (Lipinski definition) is 2. The van der Waals surface area contributed by atoms with Crippen molar-refractivity contribution in [3.63, 3.8) is 0 Å². The van der Waals surface area contributed by atoms with Crippen LogP contribution in [-0.2, 0) is 4.74 Å². The molecule has 0 radical (unpaired) electrons. The van der Waals surface area contributed by atoms with Crippen molar-refractivity contribution in [2.24, 2.45) is 0 Å². The molecule has 0 fully saturated rings. The molecule has 0 saturated carbocycles. The summed E-state index contributed by atoms with van der Waals surface area (Å²) in [6, 6.07) is 4.95. The maximum absolute atomic E-state index is 8.91. The average Bonchev–Trinajstić information content (AvgIpc) is 2.15. The summed E-state index contributed by atoms with van der Waals surface area (Å²) in [4.78, 5) is 0. The van der Waals surface area contributed by atoms with Gasteiger partial charge in [0.25, 0.3) is 0 Å². The molecule has 0 aliphatic carbocycles. The van der Waals surface area contributed by atoms with Gasteiger partial charge in [0.1, 0.15) is 5.75 Å². The molecule has 2 N–H and O–H groups in total. The second kappa shape index (κ2) is 5.00. The van der Waals surface area contributed by atoms with Crippen molar-refractivity contribution >= 4 is 12.6 Å². The largest absolute Gasteiger partial charge is 0.488 e. The maximum atomic E-state index is 8.91. The van der Waals surface area contributed by atoms with Crippen LogP contribution in [0.2, 0.25) is 0 Å². The molecular weight excluding hydrogens is 183 g/mol. The molecule has 0 heterocycles. The van der Waals surface area contributed by atoms with Gasteiger partial charge in [0.2, 0.25) is 0 Å². The molecule has 14 heavy (non-hydrogen) atoms. The molecule has 0 aliphatic heterocycles. The molecule has 0 amide bonds. The molecule has 1 aromatic carbocycles. The van der Waals surface area contributed by atoms with E-state index in [2.05, 4.69) is 0 Å². The molecule has 0 unspecified atom stereocenters. The van der Waals surface area contributed by atoms with Gasteiger partial charge < -0.3 is 19.5 Å². The zero-order valence-electron chi connectivity index (χ0n) is 8.23. The third-order valence-corrected chi connectivity index (χ3v) is 1.83. The van der Waals surface area contributed by atoms with Gasteiger partial charge >= 0.3 is 7.12 Å². The number of methoxy groups -OCH3 is 1. The molecule has 0 bridgehead atoms. The highest BCUT2D eigenvalue weighted by Crippen LogP contribution is 2.15. The first-order chi connectivity index (χ1) is 6.65. The normalized spacial score (nSPS) is 10.0. The van der Waals surface area contributed by atoms with E-state index in [1.807, 2.05) is 6.92 Å². The summed E-state index contributed by atoms with van der Waals surface area (Å²) >= 11 is 0. The summed E-state index contributed by atoms with van der Waals surface area (Å²) in [5.41, 5.74) is 1.29. The lowest BCUT2D eigenvalue weighted by Crippen LogP contribution is -2.29. The van der Waals surface area contributed by atoms with Crippen LogP contribution in [0.1, 0.15) is 5.56 Å². The van der Waals surface area contributed by atoms with E-state index in [1.54, 1.807) is 25.3 Å². The van der Waals surface area contributed by atoms with E-state index in [-0.39, 0.29) is 6.79 Å². The summed E-state index contributed by atoms with van der Waals surface area (Å²) < 4.78 is 9.99. The van der Waals surface area contributed by atoms with Crippen LogP contribution in [-0.4, -0.2) is 31.1 Å². The average molecular weight is 196 g/mol. The third kappa shape index (κ3) is 2.73. The predicted molar refractivity (Wildman–Crippen MR) is 53.5 cm³/mol. The molecule has 76 valence electrons. The van der Waals surface area contributed by atoms with Crippen LogP contribution in [0.3, 0.4) is 0 Å². The fraction of sp³-hybridized carbons (Fsp3) is 0.333. The summed E-state index contributed by atoms with van der Waals surface area (Å²) in [6.07, 6.45) is 0. The molecule has 1 aromatic rings. The lowest BCUT2D eigenvalue weighted by molar-refractivity contribution is 0.0506. The topological polar surface area (TPSA) is 58.9 Å². The fourth-order valence-corrected chi connectivity index (χ4v) is 1.12. The van der Waals surface area contributed by atoms with Crippen molar-refractivity contribution in [3.05, 3.63) is 23.8 Å².